The first-order chi connectivity index (χ1) is 12.8. The van der Waals surface area contributed by atoms with Gasteiger partial charge in [-0.25, -0.2) is 0 Å². The second-order valence-corrected chi connectivity index (χ2v) is 6.20. The Morgan fingerprint density at radius 2 is 1.65 bits per heavy atom. The molecule has 0 aliphatic carbocycles. The van der Waals surface area contributed by atoms with Gasteiger partial charge in [0, 0.05) is 23.6 Å². The van der Waals surface area contributed by atoms with Crippen LogP contribution in [0.3, 0.4) is 0 Å². The molecule has 4 aromatic rings. The van der Waals surface area contributed by atoms with Gasteiger partial charge in [-0.3, -0.25) is 0 Å². The number of benzene rings is 3. The SMILES string of the molecule is O=Nc1ccc(Cn2ccc3cc(OCc4ccccc4)ccc32)cc1. The third-order valence-electron chi connectivity index (χ3n) is 4.39. The van der Waals surface area contributed by atoms with E-state index in [2.05, 4.69) is 46.3 Å². The average molecular weight is 342 g/mol. The molecule has 0 aliphatic rings. The lowest BCUT2D eigenvalue weighted by Crippen LogP contribution is -1.98. The second-order valence-electron chi connectivity index (χ2n) is 6.20. The standard InChI is InChI=1S/C22H18N2O2/c25-23-20-8-6-17(7-9-20)15-24-13-12-19-14-21(10-11-22(19)24)26-16-18-4-2-1-3-5-18/h1-14H,15-16H2. The first kappa shape index (κ1) is 16.1. The summed E-state index contributed by atoms with van der Waals surface area (Å²) in [5, 5.41) is 4.08. The lowest BCUT2D eigenvalue weighted by molar-refractivity contribution is 0.306. The Hall–Kier alpha value is -3.40. The highest BCUT2D eigenvalue weighted by Crippen LogP contribution is 2.24. The molecule has 0 atom stereocenters. The summed E-state index contributed by atoms with van der Waals surface area (Å²) in [6.45, 7) is 1.30. The van der Waals surface area contributed by atoms with Gasteiger partial charge < -0.3 is 9.30 Å². The van der Waals surface area contributed by atoms with Crippen LogP contribution >= 0.6 is 0 Å². The van der Waals surface area contributed by atoms with Crippen LogP contribution in [0.5, 0.6) is 5.75 Å². The zero-order valence-electron chi connectivity index (χ0n) is 14.2. The lowest BCUT2D eigenvalue weighted by atomic mass is 10.2. The van der Waals surface area contributed by atoms with Crippen molar-refractivity contribution in [3.05, 3.63) is 101 Å². The van der Waals surface area contributed by atoms with Crippen molar-refractivity contribution in [1.29, 1.82) is 0 Å². The highest BCUT2D eigenvalue weighted by atomic mass is 16.5. The van der Waals surface area contributed by atoms with Crippen LogP contribution in [0.25, 0.3) is 10.9 Å². The van der Waals surface area contributed by atoms with Crippen LogP contribution < -0.4 is 4.74 Å². The molecule has 1 heterocycles. The first-order valence-corrected chi connectivity index (χ1v) is 8.50. The minimum Gasteiger partial charge on any atom is -0.489 e. The van der Waals surface area contributed by atoms with Crippen molar-refractivity contribution in [1.82, 2.24) is 4.57 Å². The molecule has 4 rings (SSSR count). The van der Waals surface area contributed by atoms with E-state index in [9.17, 15) is 4.91 Å². The number of nitroso groups, excluding NO2 is 1. The molecule has 1 aromatic heterocycles. The molecular formula is C22H18N2O2. The third-order valence-corrected chi connectivity index (χ3v) is 4.39. The molecule has 0 unspecified atom stereocenters. The summed E-state index contributed by atoms with van der Waals surface area (Å²) in [5.41, 5.74) is 3.87. The maximum absolute atomic E-state index is 10.5. The predicted octanol–water partition coefficient (Wildman–Crippen LogP) is 5.67. The molecule has 0 amide bonds. The summed E-state index contributed by atoms with van der Waals surface area (Å²) in [5.74, 6) is 0.862. The van der Waals surface area contributed by atoms with Crippen LogP contribution in [0.2, 0.25) is 0 Å². The molecule has 0 radical (unpaired) electrons. The molecule has 0 saturated carbocycles. The maximum Gasteiger partial charge on any atom is 0.120 e. The van der Waals surface area contributed by atoms with Crippen LogP contribution in [0.15, 0.2) is 90.2 Å². The number of nitrogens with zero attached hydrogens (tertiary/aromatic N) is 2. The molecule has 4 nitrogen and oxygen atoms in total. The van der Waals surface area contributed by atoms with Crippen LogP contribution in [-0.4, -0.2) is 4.57 Å². The van der Waals surface area contributed by atoms with Crippen LogP contribution in [0.1, 0.15) is 11.1 Å². The second kappa shape index (κ2) is 7.23. The van der Waals surface area contributed by atoms with Gasteiger partial charge in [-0.15, -0.1) is 4.91 Å². The summed E-state index contributed by atoms with van der Waals surface area (Å²) >= 11 is 0. The number of aromatic nitrogens is 1. The molecule has 4 heteroatoms. The molecule has 0 aliphatic heterocycles. The Bertz CT molecular complexity index is 1020. The van der Waals surface area contributed by atoms with E-state index in [4.69, 9.17) is 4.74 Å². The molecular weight excluding hydrogens is 324 g/mol. The third kappa shape index (κ3) is 3.49. The summed E-state index contributed by atoms with van der Waals surface area (Å²) in [7, 11) is 0. The van der Waals surface area contributed by atoms with E-state index in [1.807, 2.05) is 36.4 Å². The molecule has 0 N–H and O–H groups in total. The summed E-state index contributed by atoms with van der Waals surface area (Å²) in [6.07, 6.45) is 2.07. The minimum absolute atomic E-state index is 0.450. The fraction of sp³-hybridized carbons (Fsp3) is 0.0909. The number of fused-ring (bicyclic) bond motifs is 1. The van der Waals surface area contributed by atoms with Gasteiger partial charge in [0.1, 0.15) is 18.0 Å². The first-order valence-electron chi connectivity index (χ1n) is 8.50. The van der Waals surface area contributed by atoms with E-state index in [1.165, 1.54) is 0 Å². The quantitative estimate of drug-likeness (QED) is 0.424. The van der Waals surface area contributed by atoms with Crippen LogP contribution in [-0.2, 0) is 13.2 Å². The Morgan fingerprint density at radius 3 is 2.42 bits per heavy atom. The average Bonchev–Trinajstić information content (AvgIpc) is 3.10. The molecule has 0 spiro atoms. The van der Waals surface area contributed by atoms with Gasteiger partial charge in [-0.05, 0) is 52.7 Å². The Balaban J connectivity index is 1.50. The fourth-order valence-corrected chi connectivity index (χ4v) is 3.01. The number of rotatable bonds is 6. The van der Waals surface area contributed by atoms with E-state index in [-0.39, 0.29) is 0 Å². The van der Waals surface area contributed by atoms with E-state index in [0.29, 0.717) is 12.3 Å². The lowest BCUT2D eigenvalue weighted by Gasteiger charge is -2.08. The highest BCUT2D eigenvalue weighted by Gasteiger charge is 2.05. The highest BCUT2D eigenvalue weighted by molar-refractivity contribution is 5.81. The van der Waals surface area contributed by atoms with Crippen molar-refractivity contribution in [2.75, 3.05) is 0 Å². The molecule has 0 bridgehead atoms. The smallest absolute Gasteiger partial charge is 0.120 e. The molecule has 26 heavy (non-hydrogen) atoms. The number of hydrogen-bond acceptors (Lipinski definition) is 3. The van der Waals surface area contributed by atoms with Gasteiger partial charge in [-0.2, -0.15) is 0 Å². The Kier molecular flexibility index (Phi) is 4.48. The van der Waals surface area contributed by atoms with E-state index in [1.54, 1.807) is 12.1 Å². The van der Waals surface area contributed by atoms with Gasteiger partial charge >= 0.3 is 0 Å². The Labute approximate surface area is 151 Å². The zero-order chi connectivity index (χ0) is 17.8. The van der Waals surface area contributed by atoms with Gasteiger partial charge in [0.25, 0.3) is 0 Å². The van der Waals surface area contributed by atoms with Crippen molar-refractivity contribution < 1.29 is 4.74 Å². The van der Waals surface area contributed by atoms with Crippen molar-refractivity contribution in [3.8, 4) is 5.75 Å². The number of ether oxygens (including phenoxy) is 1. The molecule has 0 fully saturated rings. The monoisotopic (exact) mass is 342 g/mol. The van der Waals surface area contributed by atoms with Crippen molar-refractivity contribution >= 4 is 16.6 Å². The molecule has 0 saturated heterocycles. The van der Waals surface area contributed by atoms with Crippen LogP contribution in [0, 0.1) is 4.91 Å². The summed E-state index contributed by atoms with van der Waals surface area (Å²) in [4.78, 5) is 10.5. The Morgan fingerprint density at radius 1 is 0.846 bits per heavy atom. The minimum atomic E-state index is 0.450. The fourth-order valence-electron chi connectivity index (χ4n) is 3.01. The van der Waals surface area contributed by atoms with Crippen molar-refractivity contribution in [2.45, 2.75) is 13.2 Å². The predicted molar refractivity (Wildman–Crippen MR) is 104 cm³/mol. The normalized spacial score (nSPS) is 10.8. The van der Waals surface area contributed by atoms with Gasteiger partial charge in [0.15, 0.2) is 0 Å². The van der Waals surface area contributed by atoms with E-state index < -0.39 is 0 Å². The van der Waals surface area contributed by atoms with E-state index in [0.717, 1.165) is 34.3 Å². The van der Waals surface area contributed by atoms with Gasteiger partial charge in [0.05, 0.1) is 0 Å². The largest absolute Gasteiger partial charge is 0.489 e. The van der Waals surface area contributed by atoms with Gasteiger partial charge in [-0.1, -0.05) is 42.5 Å². The molecule has 128 valence electrons. The topological polar surface area (TPSA) is 43.6 Å². The number of hydrogen-bond donors (Lipinski definition) is 0. The van der Waals surface area contributed by atoms with E-state index >= 15 is 0 Å². The van der Waals surface area contributed by atoms with Crippen LogP contribution in [0.4, 0.5) is 5.69 Å². The maximum atomic E-state index is 10.5. The van der Waals surface area contributed by atoms with Crippen molar-refractivity contribution in [2.24, 2.45) is 5.18 Å². The summed E-state index contributed by atoms with van der Waals surface area (Å²) in [6, 6.07) is 25.7. The molecule has 3 aromatic carbocycles. The van der Waals surface area contributed by atoms with Gasteiger partial charge in [0.2, 0.25) is 0 Å². The zero-order valence-corrected chi connectivity index (χ0v) is 14.2. The van der Waals surface area contributed by atoms with Crippen molar-refractivity contribution in [3.63, 3.8) is 0 Å². The summed E-state index contributed by atoms with van der Waals surface area (Å²) < 4.78 is 8.08.